The van der Waals surface area contributed by atoms with Crippen molar-refractivity contribution >= 4 is 0 Å². The molecule has 98 valence electrons. The Bertz CT molecular complexity index is 132. The summed E-state index contributed by atoms with van der Waals surface area (Å²) in [6.07, 6.45) is 7.43. The molecule has 2 heteroatoms. The van der Waals surface area contributed by atoms with E-state index in [1.54, 1.807) is 0 Å². The SMILES string of the molecule is CCCC(CC)OC(C)OC(CC)CCC. The van der Waals surface area contributed by atoms with Crippen LogP contribution in [-0.4, -0.2) is 18.5 Å². The first-order valence-corrected chi connectivity index (χ1v) is 6.98. The molecule has 2 unspecified atom stereocenters. The highest BCUT2D eigenvalue weighted by atomic mass is 16.7. The second-order valence-electron chi connectivity index (χ2n) is 4.48. The van der Waals surface area contributed by atoms with E-state index in [0.717, 1.165) is 25.7 Å². The first-order valence-electron chi connectivity index (χ1n) is 6.98. The molecule has 0 aromatic rings. The molecule has 0 fully saturated rings. The molecule has 0 bridgehead atoms. The average Bonchev–Trinajstić information content (AvgIpc) is 2.27. The van der Waals surface area contributed by atoms with Crippen molar-refractivity contribution in [2.24, 2.45) is 0 Å². The fourth-order valence-corrected chi connectivity index (χ4v) is 1.95. The minimum absolute atomic E-state index is 0.0620. The minimum atomic E-state index is -0.0620. The third-order valence-electron chi connectivity index (χ3n) is 2.90. The van der Waals surface area contributed by atoms with Crippen LogP contribution in [0.4, 0.5) is 0 Å². The average molecular weight is 230 g/mol. The van der Waals surface area contributed by atoms with Gasteiger partial charge < -0.3 is 9.47 Å². The van der Waals surface area contributed by atoms with Gasteiger partial charge in [0.15, 0.2) is 6.29 Å². The van der Waals surface area contributed by atoms with E-state index in [0.29, 0.717) is 12.2 Å². The first-order chi connectivity index (χ1) is 7.67. The summed E-state index contributed by atoms with van der Waals surface area (Å²) in [5.74, 6) is 0. The van der Waals surface area contributed by atoms with Crippen LogP contribution in [0.25, 0.3) is 0 Å². The quantitative estimate of drug-likeness (QED) is 0.514. The summed E-state index contributed by atoms with van der Waals surface area (Å²) in [5, 5.41) is 0. The topological polar surface area (TPSA) is 18.5 Å². The molecule has 0 saturated carbocycles. The van der Waals surface area contributed by atoms with Gasteiger partial charge in [0.1, 0.15) is 0 Å². The van der Waals surface area contributed by atoms with Gasteiger partial charge in [-0.3, -0.25) is 0 Å². The van der Waals surface area contributed by atoms with E-state index in [4.69, 9.17) is 9.47 Å². The van der Waals surface area contributed by atoms with Crippen LogP contribution in [-0.2, 0) is 9.47 Å². The zero-order valence-corrected chi connectivity index (χ0v) is 11.8. The lowest BCUT2D eigenvalue weighted by Gasteiger charge is -2.25. The molecule has 0 amide bonds. The fourth-order valence-electron chi connectivity index (χ4n) is 1.95. The molecule has 0 rings (SSSR count). The van der Waals surface area contributed by atoms with E-state index in [-0.39, 0.29) is 6.29 Å². The molecular weight excluding hydrogens is 200 g/mol. The van der Waals surface area contributed by atoms with Gasteiger partial charge in [-0.05, 0) is 32.6 Å². The van der Waals surface area contributed by atoms with E-state index in [2.05, 4.69) is 27.7 Å². The van der Waals surface area contributed by atoms with Crippen molar-refractivity contribution in [1.82, 2.24) is 0 Å². The van der Waals surface area contributed by atoms with Crippen molar-refractivity contribution in [1.29, 1.82) is 0 Å². The van der Waals surface area contributed by atoms with Crippen LogP contribution in [0.1, 0.15) is 73.1 Å². The van der Waals surface area contributed by atoms with Gasteiger partial charge in [0.25, 0.3) is 0 Å². The van der Waals surface area contributed by atoms with Gasteiger partial charge in [0.05, 0.1) is 12.2 Å². The Morgan fingerprint density at radius 3 is 1.38 bits per heavy atom. The van der Waals surface area contributed by atoms with E-state index in [1.807, 2.05) is 6.92 Å². The van der Waals surface area contributed by atoms with Gasteiger partial charge in [0.2, 0.25) is 0 Å². The van der Waals surface area contributed by atoms with Gasteiger partial charge >= 0.3 is 0 Å². The summed E-state index contributed by atoms with van der Waals surface area (Å²) in [7, 11) is 0. The highest BCUT2D eigenvalue weighted by Crippen LogP contribution is 2.14. The Labute approximate surface area is 102 Å². The van der Waals surface area contributed by atoms with Crippen LogP contribution >= 0.6 is 0 Å². The lowest BCUT2D eigenvalue weighted by Crippen LogP contribution is -2.26. The zero-order chi connectivity index (χ0) is 12.4. The Kier molecular flexibility index (Phi) is 10.0. The number of rotatable bonds is 10. The van der Waals surface area contributed by atoms with E-state index in [1.165, 1.54) is 12.8 Å². The normalized spacial score (nSPS) is 17.1. The lowest BCUT2D eigenvalue weighted by atomic mass is 10.1. The molecule has 0 spiro atoms. The second kappa shape index (κ2) is 10.1. The van der Waals surface area contributed by atoms with Crippen LogP contribution in [0.15, 0.2) is 0 Å². The zero-order valence-electron chi connectivity index (χ0n) is 11.8. The number of hydrogen-bond donors (Lipinski definition) is 0. The van der Waals surface area contributed by atoms with Crippen LogP contribution in [0.2, 0.25) is 0 Å². The third kappa shape index (κ3) is 7.24. The van der Waals surface area contributed by atoms with E-state index in [9.17, 15) is 0 Å². The summed E-state index contributed by atoms with van der Waals surface area (Å²) < 4.78 is 11.8. The summed E-state index contributed by atoms with van der Waals surface area (Å²) in [5.41, 5.74) is 0. The molecule has 2 nitrogen and oxygen atoms in total. The second-order valence-corrected chi connectivity index (χ2v) is 4.48. The van der Waals surface area contributed by atoms with Crippen LogP contribution in [0, 0.1) is 0 Å². The summed E-state index contributed by atoms with van der Waals surface area (Å²) in [4.78, 5) is 0. The maximum absolute atomic E-state index is 5.90. The molecule has 0 aliphatic carbocycles. The minimum Gasteiger partial charge on any atom is -0.350 e. The summed E-state index contributed by atoms with van der Waals surface area (Å²) in [6, 6.07) is 0. The molecule has 0 aliphatic rings. The molecule has 0 aliphatic heterocycles. The van der Waals surface area contributed by atoms with Crippen LogP contribution < -0.4 is 0 Å². The molecule has 16 heavy (non-hydrogen) atoms. The fraction of sp³-hybridized carbons (Fsp3) is 1.00. The number of hydrogen-bond acceptors (Lipinski definition) is 2. The standard InChI is InChI=1S/C14H30O2/c1-6-10-13(8-3)15-12(5)16-14(9-4)11-7-2/h12-14H,6-11H2,1-5H3. The molecule has 0 saturated heterocycles. The molecule has 0 heterocycles. The number of ether oxygens (including phenoxy) is 2. The molecule has 0 radical (unpaired) electrons. The Hall–Kier alpha value is -0.0800. The molecule has 2 atom stereocenters. The monoisotopic (exact) mass is 230 g/mol. The van der Waals surface area contributed by atoms with Gasteiger partial charge in [-0.25, -0.2) is 0 Å². The van der Waals surface area contributed by atoms with Crippen molar-refractivity contribution in [3.05, 3.63) is 0 Å². The maximum atomic E-state index is 5.90. The predicted octanol–water partition coefficient (Wildman–Crippen LogP) is 4.52. The predicted molar refractivity (Wildman–Crippen MR) is 69.6 cm³/mol. The van der Waals surface area contributed by atoms with Gasteiger partial charge in [-0.2, -0.15) is 0 Å². The highest BCUT2D eigenvalue weighted by Gasteiger charge is 2.14. The Balaban J connectivity index is 3.88. The van der Waals surface area contributed by atoms with Crippen molar-refractivity contribution in [3.8, 4) is 0 Å². The first kappa shape index (κ1) is 15.9. The molecular formula is C14H30O2. The van der Waals surface area contributed by atoms with Crippen molar-refractivity contribution < 1.29 is 9.47 Å². The summed E-state index contributed by atoms with van der Waals surface area (Å²) in [6.45, 7) is 10.8. The largest absolute Gasteiger partial charge is 0.350 e. The van der Waals surface area contributed by atoms with Gasteiger partial charge in [-0.1, -0.05) is 40.5 Å². The van der Waals surface area contributed by atoms with Gasteiger partial charge in [-0.15, -0.1) is 0 Å². The van der Waals surface area contributed by atoms with Crippen molar-refractivity contribution in [3.63, 3.8) is 0 Å². The molecule has 0 N–H and O–H groups in total. The smallest absolute Gasteiger partial charge is 0.155 e. The highest BCUT2D eigenvalue weighted by molar-refractivity contribution is 4.58. The van der Waals surface area contributed by atoms with Crippen LogP contribution in [0.5, 0.6) is 0 Å². The Morgan fingerprint density at radius 1 is 0.750 bits per heavy atom. The van der Waals surface area contributed by atoms with Crippen molar-refractivity contribution in [2.75, 3.05) is 0 Å². The summed E-state index contributed by atoms with van der Waals surface area (Å²) >= 11 is 0. The third-order valence-corrected chi connectivity index (χ3v) is 2.90. The van der Waals surface area contributed by atoms with Crippen molar-refractivity contribution in [2.45, 2.75) is 91.6 Å². The lowest BCUT2D eigenvalue weighted by molar-refractivity contribution is -0.187. The Morgan fingerprint density at radius 2 is 1.12 bits per heavy atom. The van der Waals surface area contributed by atoms with Gasteiger partial charge in [0, 0.05) is 0 Å². The van der Waals surface area contributed by atoms with E-state index < -0.39 is 0 Å². The molecule has 0 aromatic heterocycles. The molecule has 0 aromatic carbocycles. The van der Waals surface area contributed by atoms with Crippen LogP contribution in [0.3, 0.4) is 0 Å². The van der Waals surface area contributed by atoms with E-state index >= 15 is 0 Å². The maximum Gasteiger partial charge on any atom is 0.155 e.